The number of carbonyl (C=O) groups is 1. The van der Waals surface area contributed by atoms with Crippen molar-refractivity contribution in [1.82, 2.24) is 14.9 Å². The molecule has 2 fully saturated rings. The summed E-state index contributed by atoms with van der Waals surface area (Å²) >= 11 is 0. The van der Waals surface area contributed by atoms with Gasteiger partial charge in [0.15, 0.2) is 0 Å². The van der Waals surface area contributed by atoms with E-state index in [1.807, 2.05) is 22.8 Å². The number of hydrogen-bond donors (Lipinski definition) is 2. The first-order valence-corrected chi connectivity index (χ1v) is 9.27. The topological polar surface area (TPSA) is 66.9 Å². The van der Waals surface area contributed by atoms with E-state index in [4.69, 9.17) is 0 Å². The second-order valence-corrected chi connectivity index (χ2v) is 7.28. The van der Waals surface area contributed by atoms with Gasteiger partial charge >= 0.3 is 5.69 Å². The highest BCUT2D eigenvalue weighted by atomic mass is 16.2. The molecule has 0 radical (unpaired) electrons. The summed E-state index contributed by atoms with van der Waals surface area (Å²) in [5, 5.41) is 3.14. The Morgan fingerprint density at radius 2 is 1.75 bits per heavy atom. The number of H-pyrrole nitrogens is 1. The van der Waals surface area contributed by atoms with Gasteiger partial charge in [0.25, 0.3) is 5.91 Å². The van der Waals surface area contributed by atoms with Gasteiger partial charge in [-0.15, -0.1) is 0 Å². The molecule has 0 unspecified atom stereocenters. The van der Waals surface area contributed by atoms with Gasteiger partial charge in [0, 0.05) is 17.6 Å². The highest BCUT2D eigenvalue weighted by molar-refractivity contribution is 5.97. The fourth-order valence-electron chi connectivity index (χ4n) is 4.31. The maximum absolute atomic E-state index is 12.5. The molecule has 2 saturated carbocycles. The van der Waals surface area contributed by atoms with Crippen LogP contribution in [0, 0.1) is 0 Å². The molecule has 0 spiro atoms. The predicted octanol–water partition coefficient (Wildman–Crippen LogP) is 3.51. The van der Waals surface area contributed by atoms with Gasteiger partial charge < -0.3 is 10.3 Å². The van der Waals surface area contributed by atoms with Crippen molar-refractivity contribution in [3.63, 3.8) is 0 Å². The first-order valence-electron chi connectivity index (χ1n) is 9.27. The van der Waals surface area contributed by atoms with Crippen molar-refractivity contribution in [3.05, 3.63) is 34.2 Å². The van der Waals surface area contributed by atoms with Crippen molar-refractivity contribution in [2.75, 3.05) is 0 Å². The van der Waals surface area contributed by atoms with Crippen LogP contribution in [0.15, 0.2) is 23.0 Å². The summed E-state index contributed by atoms with van der Waals surface area (Å²) in [4.78, 5) is 27.8. The Morgan fingerprint density at radius 3 is 2.50 bits per heavy atom. The first kappa shape index (κ1) is 15.5. The zero-order valence-electron chi connectivity index (χ0n) is 14.0. The Kier molecular flexibility index (Phi) is 4.17. The van der Waals surface area contributed by atoms with Crippen LogP contribution < -0.4 is 11.0 Å². The van der Waals surface area contributed by atoms with Gasteiger partial charge in [-0.05, 0) is 43.9 Å². The van der Waals surface area contributed by atoms with E-state index in [0.29, 0.717) is 17.6 Å². The van der Waals surface area contributed by atoms with E-state index in [9.17, 15) is 9.59 Å². The molecule has 4 rings (SSSR count). The molecule has 1 heterocycles. The zero-order valence-corrected chi connectivity index (χ0v) is 14.0. The summed E-state index contributed by atoms with van der Waals surface area (Å²) in [7, 11) is 0. The fraction of sp³-hybridized carbons (Fsp3) is 0.579. The minimum absolute atomic E-state index is 0.0294. The number of nitrogens with zero attached hydrogens (tertiary/aromatic N) is 1. The summed E-state index contributed by atoms with van der Waals surface area (Å²) in [6.45, 7) is 0. The molecule has 0 saturated heterocycles. The van der Waals surface area contributed by atoms with Crippen LogP contribution in [-0.4, -0.2) is 21.5 Å². The van der Waals surface area contributed by atoms with E-state index in [1.165, 1.54) is 32.1 Å². The number of aromatic amines is 1. The number of hydrogen-bond acceptors (Lipinski definition) is 2. The molecule has 2 aliphatic rings. The maximum Gasteiger partial charge on any atom is 0.326 e. The van der Waals surface area contributed by atoms with Crippen molar-refractivity contribution in [2.45, 2.75) is 69.9 Å². The van der Waals surface area contributed by atoms with Gasteiger partial charge in [0.05, 0.1) is 11.0 Å². The van der Waals surface area contributed by atoms with Crippen molar-refractivity contribution in [3.8, 4) is 0 Å². The number of imidazole rings is 1. The molecule has 1 amide bonds. The third-order valence-electron chi connectivity index (χ3n) is 5.61. The van der Waals surface area contributed by atoms with Gasteiger partial charge in [-0.3, -0.25) is 9.36 Å². The molecule has 0 atom stereocenters. The number of rotatable bonds is 3. The molecule has 1 aromatic heterocycles. The molecule has 2 aliphatic carbocycles. The highest BCUT2D eigenvalue weighted by Gasteiger charge is 2.22. The predicted molar refractivity (Wildman–Crippen MR) is 94.4 cm³/mol. The molecule has 0 bridgehead atoms. The summed E-state index contributed by atoms with van der Waals surface area (Å²) < 4.78 is 1.88. The largest absolute Gasteiger partial charge is 0.349 e. The third kappa shape index (κ3) is 2.87. The van der Waals surface area contributed by atoms with Crippen LogP contribution in [0.25, 0.3) is 11.0 Å². The van der Waals surface area contributed by atoms with Crippen LogP contribution in [0.3, 0.4) is 0 Å². The summed E-state index contributed by atoms with van der Waals surface area (Å²) in [5.74, 6) is -0.0294. The molecule has 5 heteroatoms. The SMILES string of the molecule is O=C(NC1CCCCC1)c1ccc2c(c1)[nH]c(=O)n2C1CCCC1. The van der Waals surface area contributed by atoms with E-state index in [-0.39, 0.29) is 11.6 Å². The van der Waals surface area contributed by atoms with Crippen LogP contribution in [0.2, 0.25) is 0 Å². The minimum Gasteiger partial charge on any atom is -0.349 e. The number of nitrogens with one attached hydrogen (secondary N) is 2. The van der Waals surface area contributed by atoms with E-state index in [1.54, 1.807) is 0 Å². The van der Waals surface area contributed by atoms with Crippen molar-refractivity contribution >= 4 is 16.9 Å². The summed E-state index contributed by atoms with van der Waals surface area (Å²) in [6.07, 6.45) is 10.3. The molecular formula is C19H25N3O2. The molecule has 2 N–H and O–H groups in total. The molecule has 0 aliphatic heterocycles. The lowest BCUT2D eigenvalue weighted by atomic mass is 9.95. The Morgan fingerprint density at radius 1 is 1.04 bits per heavy atom. The molecular weight excluding hydrogens is 302 g/mol. The van der Waals surface area contributed by atoms with Gasteiger partial charge in [-0.2, -0.15) is 0 Å². The van der Waals surface area contributed by atoms with Crippen LogP contribution >= 0.6 is 0 Å². The van der Waals surface area contributed by atoms with Gasteiger partial charge in [0.2, 0.25) is 0 Å². The van der Waals surface area contributed by atoms with E-state index >= 15 is 0 Å². The average Bonchev–Trinajstić information content (AvgIpc) is 3.21. The number of benzene rings is 1. The summed E-state index contributed by atoms with van der Waals surface area (Å²) in [6, 6.07) is 6.18. The lowest BCUT2D eigenvalue weighted by molar-refractivity contribution is 0.0928. The van der Waals surface area contributed by atoms with Gasteiger partial charge in [0.1, 0.15) is 0 Å². The second-order valence-electron chi connectivity index (χ2n) is 7.28. The van der Waals surface area contributed by atoms with Gasteiger partial charge in [-0.25, -0.2) is 4.79 Å². The van der Waals surface area contributed by atoms with E-state index < -0.39 is 0 Å². The van der Waals surface area contributed by atoms with Crippen molar-refractivity contribution in [2.24, 2.45) is 0 Å². The van der Waals surface area contributed by atoms with Crippen LogP contribution in [0.4, 0.5) is 0 Å². The molecule has 24 heavy (non-hydrogen) atoms. The molecule has 128 valence electrons. The fourth-order valence-corrected chi connectivity index (χ4v) is 4.31. The minimum atomic E-state index is -0.0539. The van der Waals surface area contributed by atoms with Crippen molar-refractivity contribution in [1.29, 1.82) is 0 Å². The zero-order chi connectivity index (χ0) is 16.5. The Hall–Kier alpha value is -2.04. The second kappa shape index (κ2) is 6.46. The Bertz CT molecular complexity index is 793. The summed E-state index contributed by atoms with van der Waals surface area (Å²) in [5.41, 5.74) is 2.26. The highest BCUT2D eigenvalue weighted by Crippen LogP contribution is 2.30. The molecule has 2 aromatic rings. The standard InChI is InChI=1S/C19H25N3O2/c23-18(20-14-6-2-1-3-7-14)13-10-11-17-16(12-13)21-19(24)22(17)15-8-4-5-9-15/h10-12,14-15H,1-9H2,(H,20,23)(H,21,24). The van der Waals surface area contributed by atoms with E-state index in [0.717, 1.165) is 36.7 Å². The van der Waals surface area contributed by atoms with Gasteiger partial charge in [-0.1, -0.05) is 32.1 Å². The van der Waals surface area contributed by atoms with Crippen molar-refractivity contribution < 1.29 is 4.79 Å². The van der Waals surface area contributed by atoms with Crippen LogP contribution in [-0.2, 0) is 0 Å². The monoisotopic (exact) mass is 327 g/mol. The third-order valence-corrected chi connectivity index (χ3v) is 5.61. The Balaban J connectivity index is 1.59. The first-order chi connectivity index (χ1) is 11.7. The molecule has 5 nitrogen and oxygen atoms in total. The normalized spacial score (nSPS) is 19.8. The number of amides is 1. The molecule has 1 aromatic carbocycles. The average molecular weight is 327 g/mol. The smallest absolute Gasteiger partial charge is 0.326 e. The van der Waals surface area contributed by atoms with Crippen LogP contribution in [0.1, 0.15) is 74.2 Å². The lowest BCUT2D eigenvalue weighted by Gasteiger charge is -2.22. The maximum atomic E-state index is 12.5. The Labute approximate surface area is 141 Å². The van der Waals surface area contributed by atoms with E-state index in [2.05, 4.69) is 10.3 Å². The number of carbonyl (C=O) groups excluding carboxylic acids is 1. The lowest BCUT2D eigenvalue weighted by Crippen LogP contribution is -2.36. The van der Waals surface area contributed by atoms with Crippen LogP contribution in [0.5, 0.6) is 0 Å². The number of aromatic nitrogens is 2. The number of fused-ring (bicyclic) bond motifs is 1. The quantitative estimate of drug-likeness (QED) is 0.906.